The van der Waals surface area contributed by atoms with Gasteiger partial charge in [0.25, 0.3) is 11.8 Å². The summed E-state index contributed by atoms with van der Waals surface area (Å²) >= 11 is 0. The number of fused-ring (bicyclic) bond motifs is 1. The van der Waals surface area contributed by atoms with Crippen molar-refractivity contribution in [1.82, 2.24) is 9.96 Å². The molecule has 0 spiro atoms. The number of hydrogen-bond donors (Lipinski definition) is 1. The molecular formula is C29H34N4O5. The monoisotopic (exact) mass is 518 g/mol. The van der Waals surface area contributed by atoms with E-state index in [1.807, 2.05) is 50.3 Å². The predicted octanol–water partition coefficient (Wildman–Crippen LogP) is 4.10. The lowest BCUT2D eigenvalue weighted by atomic mass is 9.99. The lowest BCUT2D eigenvalue weighted by molar-refractivity contribution is -0.180. The number of likely N-dealkylation sites (tertiary alicyclic amines) is 1. The van der Waals surface area contributed by atoms with Crippen LogP contribution in [0.1, 0.15) is 55.5 Å². The van der Waals surface area contributed by atoms with Gasteiger partial charge < -0.3 is 15.4 Å². The molecule has 9 heteroatoms. The second kappa shape index (κ2) is 12.0. The number of carbonyl (C=O) groups is 3. The smallest absolute Gasteiger partial charge is 0.328 e. The highest BCUT2D eigenvalue weighted by Gasteiger charge is 2.35. The van der Waals surface area contributed by atoms with Crippen LogP contribution in [0.25, 0.3) is 17.2 Å². The number of benzene rings is 2. The van der Waals surface area contributed by atoms with Crippen molar-refractivity contribution in [2.24, 2.45) is 10.7 Å². The zero-order chi connectivity index (χ0) is 27.2. The van der Waals surface area contributed by atoms with Gasteiger partial charge in [-0.25, -0.2) is 14.9 Å². The molecule has 2 aromatic rings. The third-order valence-corrected chi connectivity index (χ3v) is 6.66. The SMILES string of the molecule is CCCN(OCC)C(=O)C1=Cc2ccc(-c3ccc(C(=O)N4CCC[C@H]4C(=O)OC)cc3)cc2N=C(N)C1. The predicted molar refractivity (Wildman–Crippen MR) is 145 cm³/mol. The molecule has 2 amide bonds. The van der Waals surface area contributed by atoms with Crippen molar-refractivity contribution < 1.29 is 24.0 Å². The van der Waals surface area contributed by atoms with E-state index >= 15 is 0 Å². The molecule has 2 aliphatic rings. The highest BCUT2D eigenvalue weighted by Crippen LogP contribution is 2.32. The van der Waals surface area contributed by atoms with Gasteiger partial charge in [-0.3, -0.25) is 14.4 Å². The number of methoxy groups -OCH3 is 1. The average Bonchev–Trinajstić information content (AvgIpc) is 3.35. The van der Waals surface area contributed by atoms with Gasteiger partial charge in [0.1, 0.15) is 11.9 Å². The molecule has 0 aliphatic carbocycles. The molecule has 2 N–H and O–H groups in total. The first-order valence-corrected chi connectivity index (χ1v) is 13.0. The summed E-state index contributed by atoms with van der Waals surface area (Å²) in [7, 11) is 1.34. The summed E-state index contributed by atoms with van der Waals surface area (Å²) in [5.41, 5.74) is 10.5. The Bertz CT molecular complexity index is 1260. The molecule has 2 aromatic carbocycles. The number of amidine groups is 1. The van der Waals surface area contributed by atoms with Crippen molar-refractivity contribution in [3.8, 4) is 11.1 Å². The average molecular weight is 519 g/mol. The number of aliphatic imine (C=N–C) groups is 1. The normalized spacial score (nSPS) is 16.7. The zero-order valence-corrected chi connectivity index (χ0v) is 22.1. The Morgan fingerprint density at radius 2 is 1.84 bits per heavy atom. The molecule has 0 radical (unpaired) electrons. The van der Waals surface area contributed by atoms with Crippen molar-refractivity contribution in [2.45, 2.75) is 45.6 Å². The van der Waals surface area contributed by atoms with Crippen LogP contribution in [0.15, 0.2) is 53.0 Å². The van der Waals surface area contributed by atoms with Gasteiger partial charge in [-0.15, -0.1) is 0 Å². The Balaban J connectivity index is 1.56. The van der Waals surface area contributed by atoms with Crippen LogP contribution >= 0.6 is 0 Å². The van der Waals surface area contributed by atoms with Gasteiger partial charge >= 0.3 is 5.97 Å². The number of ether oxygens (including phenoxy) is 1. The summed E-state index contributed by atoms with van der Waals surface area (Å²) in [6, 6.07) is 12.5. The van der Waals surface area contributed by atoms with Crippen LogP contribution in [-0.4, -0.2) is 66.4 Å². The first-order chi connectivity index (χ1) is 18.4. The molecule has 0 bridgehead atoms. The molecule has 1 atom stereocenters. The quantitative estimate of drug-likeness (QED) is 0.416. The van der Waals surface area contributed by atoms with Crippen molar-refractivity contribution in [1.29, 1.82) is 0 Å². The number of carbonyl (C=O) groups excluding carboxylic acids is 3. The summed E-state index contributed by atoms with van der Waals surface area (Å²) in [5.74, 6) is -0.431. The first kappa shape index (κ1) is 27.1. The van der Waals surface area contributed by atoms with Crippen molar-refractivity contribution >= 4 is 35.4 Å². The maximum absolute atomic E-state index is 13.1. The van der Waals surface area contributed by atoms with Crippen LogP contribution in [0.5, 0.6) is 0 Å². The van der Waals surface area contributed by atoms with Crippen molar-refractivity contribution in [3.05, 3.63) is 59.2 Å². The molecule has 2 heterocycles. The van der Waals surface area contributed by atoms with Crippen LogP contribution in [0, 0.1) is 0 Å². The van der Waals surface area contributed by atoms with Gasteiger partial charge in [0.05, 0.1) is 19.4 Å². The summed E-state index contributed by atoms with van der Waals surface area (Å²) < 4.78 is 4.86. The number of esters is 1. The molecule has 38 heavy (non-hydrogen) atoms. The molecule has 0 saturated carbocycles. The molecule has 0 aromatic heterocycles. The Kier molecular flexibility index (Phi) is 8.58. The first-order valence-electron chi connectivity index (χ1n) is 13.0. The van der Waals surface area contributed by atoms with E-state index in [0.29, 0.717) is 48.8 Å². The van der Waals surface area contributed by atoms with E-state index in [1.165, 1.54) is 12.2 Å². The third kappa shape index (κ3) is 5.78. The van der Waals surface area contributed by atoms with Crippen LogP contribution < -0.4 is 5.73 Å². The van der Waals surface area contributed by atoms with Crippen molar-refractivity contribution in [2.75, 3.05) is 26.8 Å². The number of amides is 2. The second-order valence-corrected chi connectivity index (χ2v) is 9.31. The Morgan fingerprint density at radius 1 is 1.11 bits per heavy atom. The Morgan fingerprint density at radius 3 is 2.53 bits per heavy atom. The van der Waals surface area contributed by atoms with E-state index in [2.05, 4.69) is 4.99 Å². The molecule has 2 aliphatic heterocycles. The lowest BCUT2D eigenvalue weighted by Crippen LogP contribution is -2.41. The van der Waals surface area contributed by atoms with Crippen LogP contribution in [0.3, 0.4) is 0 Å². The number of hydroxylamine groups is 2. The fraction of sp³-hybridized carbons (Fsp3) is 0.379. The summed E-state index contributed by atoms with van der Waals surface area (Å²) in [6.07, 6.45) is 4.21. The highest BCUT2D eigenvalue weighted by molar-refractivity contribution is 6.05. The molecule has 0 unspecified atom stereocenters. The van der Waals surface area contributed by atoms with Gasteiger partial charge in [0.2, 0.25) is 0 Å². The standard InChI is InChI=1S/C29H34N4O5/c1-4-14-33(38-5-2)28(35)23-16-22-13-12-21(17-24(22)31-26(30)18-23)19-8-10-20(11-9-19)27(34)32-15-6-7-25(32)29(36)37-3/h8-13,16-17,25H,4-7,14-15,18H2,1-3H3,(H2,30,31)/t25-/m0/s1. The minimum Gasteiger partial charge on any atom is -0.467 e. The zero-order valence-electron chi connectivity index (χ0n) is 22.1. The fourth-order valence-electron chi connectivity index (χ4n) is 4.81. The maximum Gasteiger partial charge on any atom is 0.328 e. The molecule has 200 valence electrons. The van der Waals surface area contributed by atoms with E-state index in [0.717, 1.165) is 29.5 Å². The number of nitrogens with two attached hydrogens (primary N) is 1. The van der Waals surface area contributed by atoms with E-state index in [4.69, 9.17) is 15.3 Å². The van der Waals surface area contributed by atoms with Crippen LogP contribution in [-0.2, 0) is 19.2 Å². The maximum atomic E-state index is 13.1. The number of rotatable bonds is 8. The summed E-state index contributed by atoms with van der Waals surface area (Å²) in [6.45, 7) is 5.26. The largest absolute Gasteiger partial charge is 0.467 e. The third-order valence-electron chi connectivity index (χ3n) is 6.66. The highest BCUT2D eigenvalue weighted by atomic mass is 16.7. The summed E-state index contributed by atoms with van der Waals surface area (Å²) in [5, 5.41) is 1.39. The molecule has 1 fully saturated rings. The van der Waals surface area contributed by atoms with Gasteiger partial charge in [-0.2, -0.15) is 0 Å². The van der Waals surface area contributed by atoms with E-state index in [9.17, 15) is 14.4 Å². The number of hydrogen-bond acceptors (Lipinski definition) is 7. The number of nitrogens with zero attached hydrogens (tertiary/aromatic N) is 3. The van der Waals surface area contributed by atoms with E-state index in [-0.39, 0.29) is 24.2 Å². The van der Waals surface area contributed by atoms with Crippen LogP contribution in [0.2, 0.25) is 0 Å². The fourth-order valence-corrected chi connectivity index (χ4v) is 4.81. The Labute approximate surface area is 222 Å². The van der Waals surface area contributed by atoms with Gasteiger partial charge in [-0.05, 0) is 61.6 Å². The molecule has 9 nitrogen and oxygen atoms in total. The molecule has 1 saturated heterocycles. The van der Waals surface area contributed by atoms with E-state index in [1.54, 1.807) is 17.0 Å². The van der Waals surface area contributed by atoms with E-state index < -0.39 is 6.04 Å². The molecular weight excluding hydrogens is 484 g/mol. The minimum atomic E-state index is -0.535. The molecule has 4 rings (SSSR count). The Hall–Kier alpha value is -3.98. The topological polar surface area (TPSA) is 115 Å². The van der Waals surface area contributed by atoms with Gasteiger partial charge in [0.15, 0.2) is 0 Å². The minimum absolute atomic E-state index is 0.185. The lowest BCUT2D eigenvalue weighted by Gasteiger charge is -2.22. The van der Waals surface area contributed by atoms with Crippen LogP contribution in [0.4, 0.5) is 5.69 Å². The second-order valence-electron chi connectivity index (χ2n) is 9.31. The van der Waals surface area contributed by atoms with Crippen molar-refractivity contribution in [3.63, 3.8) is 0 Å². The van der Waals surface area contributed by atoms with Gasteiger partial charge in [0, 0.05) is 36.2 Å². The summed E-state index contributed by atoms with van der Waals surface area (Å²) in [4.78, 5) is 49.9. The van der Waals surface area contributed by atoms with Gasteiger partial charge in [-0.1, -0.05) is 31.2 Å².